The summed E-state index contributed by atoms with van der Waals surface area (Å²) in [5.41, 5.74) is 0.902. The lowest BCUT2D eigenvalue weighted by Crippen LogP contribution is -2.07. The zero-order chi connectivity index (χ0) is 13.9. The number of aromatic nitrogens is 4. The number of benzene rings is 1. The lowest BCUT2D eigenvalue weighted by atomic mass is 10.2. The Balaban J connectivity index is 1.75. The average molecular weight is 334 g/mol. The van der Waals surface area contributed by atoms with Crippen LogP contribution in [-0.4, -0.2) is 26.7 Å². The topological polar surface area (TPSA) is 76.7 Å². The van der Waals surface area contributed by atoms with Gasteiger partial charge in [0.25, 0.3) is 0 Å². The highest BCUT2D eigenvalue weighted by Gasteiger charge is 2.06. The number of fused-ring (bicyclic) bond motifs is 1. The van der Waals surface area contributed by atoms with Crippen molar-refractivity contribution in [1.29, 1.82) is 0 Å². The molecule has 3 aromatic rings. The van der Waals surface area contributed by atoms with E-state index < -0.39 is 0 Å². The molecule has 0 saturated carbocycles. The molecule has 0 unspecified atom stereocenters. The van der Waals surface area contributed by atoms with Crippen LogP contribution in [0.4, 0.5) is 5.82 Å². The van der Waals surface area contributed by atoms with Crippen molar-refractivity contribution < 1.29 is 4.52 Å². The predicted molar refractivity (Wildman–Crippen MR) is 78.5 cm³/mol. The van der Waals surface area contributed by atoms with Crippen molar-refractivity contribution in [2.45, 2.75) is 13.3 Å². The third-order valence-corrected chi connectivity index (χ3v) is 3.29. The fourth-order valence-corrected chi connectivity index (χ4v) is 2.26. The molecule has 0 saturated heterocycles. The fourth-order valence-electron chi connectivity index (χ4n) is 1.90. The van der Waals surface area contributed by atoms with Gasteiger partial charge >= 0.3 is 0 Å². The summed E-state index contributed by atoms with van der Waals surface area (Å²) in [5.74, 6) is 2.07. The summed E-state index contributed by atoms with van der Waals surface area (Å²) in [4.78, 5) is 12.7. The molecule has 20 heavy (non-hydrogen) atoms. The zero-order valence-corrected chi connectivity index (χ0v) is 12.4. The van der Waals surface area contributed by atoms with Gasteiger partial charge in [0.05, 0.1) is 5.52 Å². The molecule has 7 heteroatoms. The number of nitrogens with zero attached hydrogens (tertiary/aromatic N) is 4. The summed E-state index contributed by atoms with van der Waals surface area (Å²) < 4.78 is 6.06. The van der Waals surface area contributed by atoms with Gasteiger partial charge in [-0.25, -0.2) is 9.97 Å². The highest BCUT2D eigenvalue weighted by Crippen LogP contribution is 2.23. The van der Waals surface area contributed by atoms with E-state index in [0.717, 1.165) is 21.2 Å². The van der Waals surface area contributed by atoms with Crippen LogP contribution in [0.2, 0.25) is 0 Å². The van der Waals surface area contributed by atoms with Crippen LogP contribution >= 0.6 is 15.9 Å². The molecule has 2 aromatic heterocycles. The fraction of sp³-hybridized carbons (Fsp3) is 0.231. The first-order chi connectivity index (χ1) is 9.72. The smallest absolute Gasteiger partial charge is 0.228 e. The SMILES string of the molecule is Cc1noc(CCNc2ncnc3ccc(Br)cc23)n1. The molecule has 0 aliphatic rings. The lowest BCUT2D eigenvalue weighted by molar-refractivity contribution is 0.377. The van der Waals surface area contributed by atoms with Crippen molar-refractivity contribution in [3.63, 3.8) is 0 Å². The van der Waals surface area contributed by atoms with E-state index in [2.05, 4.69) is 41.4 Å². The summed E-state index contributed by atoms with van der Waals surface area (Å²) in [6.45, 7) is 2.47. The van der Waals surface area contributed by atoms with Crippen LogP contribution in [0, 0.1) is 6.92 Å². The minimum atomic E-state index is 0.620. The minimum Gasteiger partial charge on any atom is -0.369 e. The summed E-state index contributed by atoms with van der Waals surface area (Å²) in [5, 5.41) is 8.01. The van der Waals surface area contributed by atoms with Gasteiger partial charge in [0, 0.05) is 22.8 Å². The average Bonchev–Trinajstić information content (AvgIpc) is 2.85. The Labute approximate surface area is 123 Å². The third-order valence-electron chi connectivity index (χ3n) is 2.80. The molecule has 1 N–H and O–H groups in total. The van der Waals surface area contributed by atoms with Crippen LogP contribution in [0.25, 0.3) is 10.9 Å². The van der Waals surface area contributed by atoms with Crippen LogP contribution in [-0.2, 0) is 6.42 Å². The van der Waals surface area contributed by atoms with E-state index in [1.165, 1.54) is 0 Å². The van der Waals surface area contributed by atoms with Gasteiger partial charge in [-0.05, 0) is 25.1 Å². The van der Waals surface area contributed by atoms with Crippen molar-refractivity contribution in [1.82, 2.24) is 20.1 Å². The van der Waals surface area contributed by atoms with E-state index in [1.54, 1.807) is 13.3 Å². The summed E-state index contributed by atoms with van der Waals surface area (Å²) >= 11 is 3.46. The van der Waals surface area contributed by atoms with Gasteiger partial charge in [0.15, 0.2) is 5.82 Å². The maximum absolute atomic E-state index is 5.07. The Morgan fingerprint density at radius 2 is 2.20 bits per heavy atom. The van der Waals surface area contributed by atoms with Crippen molar-refractivity contribution in [3.8, 4) is 0 Å². The van der Waals surface area contributed by atoms with E-state index in [9.17, 15) is 0 Å². The van der Waals surface area contributed by atoms with Gasteiger partial charge in [-0.2, -0.15) is 4.98 Å². The van der Waals surface area contributed by atoms with E-state index >= 15 is 0 Å². The quantitative estimate of drug-likeness (QED) is 0.791. The van der Waals surface area contributed by atoms with E-state index in [4.69, 9.17) is 4.52 Å². The maximum Gasteiger partial charge on any atom is 0.228 e. The van der Waals surface area contributed by atoms with Crippen LogP contribution in [0.5, 0.6) is 0 Å². The number of hydrogen-bond acceptors (Lipinski definition) is 6. The molecule has 3 rings (SSSR count). The first kappa shape index (κ1) is 13.0. The second kappa shape index (κ2) is 5.54. The van der Waals surface area contributed by atoms with E-state index in [-0.39, 0.29) is 0 Å². The Kier molecular flexibility index (Phi) is 3.60. The monoisotopic (exact) mass is 333 g/mol. The van der Waals surface area contributed by atoms with Gasteiger partial charge in [-0.15, -0.1) is 0 Å². The standard InChI is InChI=1S/C13H12BrN5O/c1-8-18-12(20-19-8)4-5-15-13-10-6-9(14)2-3-11(10)16-7-17-13/h2-3,6-7H,4-5H2,1H3,(H,15,16,17). The zero-order valence-electron chi connectivity index (χ0n) is 10.8. The second-order valence-electron chi connectivity index (χ2n) is 4.30. The number of nitrogens with one attached hydrogen (secondary N) is 1. The van der Waals surface area contributed by atoms with Gasteiger partial charge in [0.2, 0.25) is 5.89 Å². The first-order valence-corrected chi connectivity index (χ1v) is 6.95. The van der Waals surface area contributed by atoms with Gasteiger partial charge in [-0.3, -0.25) is 0 Å². The number of rotatable bonds is 4. The molecule has 6 nitrogen and oxygen atoms in total. The molecule has 0 spiro atoms. The van der Waals surface area contributed by atoms with E-state index in [0.29, 0.717) is 24.7 Å². The maximum atomic E-state index is 5.07. The minimum absolute atomic E-state index is 0.620. The van der Waals surface area contributed by atoms with Gasteiger partial charge in [0.1, 0.15) is 12.1 Å². The Bertz CT molecular complexity index is 742. The Morgan fingerprint density at radius 3 is 3.00 bits per heavy atom. The Morgan fingerprint density at radius 1 is 1.30 bits per heavy atom. The summed E-state index contributed by atoms with van der Waals surface area (Å²) in [7, 11) is 0. The molecular weight excluding hydrogens is 322 g/mol. The van der Waals surface area contributed by atoms with Crippen LogP contribution < -0.4 is 5.32 Å². The largest absolute Gasteiger partial charge is 0.369 e. The molecule has 102 valence electrons. The molecule has 0 atom stereocenters. The Hall–Kier alpha value is -2.02. The number of anilines is 1. The van der Waals surface area contributed by atoms with Crippen LogP contribution in [0.3, 0.4) is 0 Å². The molecule has 0 fully saturated rings. The first-order valence-electron chi connectivity index (χ1n) is 6.16. The molecule has 0 amide bonds. The third kappa shape index (κ3) is 2.77. The summed E-state index contributed by atoms with van der Waals surface area (Å²) in [6, 6.07) is 5.91. The van der Waals surface area contributed by atoms with Crippen molar-refractivity contribution in [2.24, 2.45) is 0 Å². The summed E-state index contributed by atoms with van der Waals surface area (Å²) in [6.07, 6.45) is 2.20. The molecular formula is C13H12BrN5O. The van der Waals surface area contributed by atoms with Crippen molar-refractivity contribution >= 4 is 32.7 Å². The molecule has 0 aliphatic heterocycles. The number of halogens is 1. The number of hydrogen-bond donors (Lipinski definition) is 1. The molecule has 2 heterocycles. The van der Waals surface area contributed by atoms with E-state index in [1.807, 2.05) is 18.2 Å². The molecule has 0 radical (unpaired) electrons. The van der Waals surface area contributed by atoms with Crippen LogP contribution in [0.15, 0.2) is 33.5 Å². The highest BCUT2D eigenvalue weighted by molar-refractivity contribution is 9.10. The predicted octanol–water partition coefficient (Wildman–Crippen LogP) is 2.74. The van der Waals surface area contributed by atoms with Gasteiger partial charge < -0.3 is 9.84 Å². The normalized spacial score (nSPS) is 10.9. The van der Waals surface area contributed by atoms with Crippen molar-refractivity contribution in [2.75, 3.05) is 11.9 Å². The van der Waals surface area contributed by atoms with Gasteiger partial charge in [-0.1, -0.05) is 21.1 Å². The molecule has 0 bridgehead atoms. The molecule has 1 aromatic carbocycles. The number of aryl methyl sites for hydroxylation is 1. The highest BCUT2D eigenvalue weighted by atomic mass is 79.9. The lowest BCUT2D eigenvalue weighted by Gasteiger charge is -2.07. The molecule has 0 aliphatic carbocycles. The van der Waals surface area contributed by atoms with Crippen molar-refractivity contribution in [3.05, 3.63) is 40.7 Å². The van der Waals surface area contributed by atoms with Crippen LogP contribution in [0.1, 0.15) is 11.7 Å². The second-order valence-corrected chi connectivity index (χ2v) is 5.21.